The summed E-state index contributed by atoms with van der Waals surface area (Å²) < 4.78 is 11.4. The lowest BCUT2D eigenvalue weighted by molar-refractivity contribution is 0.303. The van der Waals surface area contributed by atoms with E-state index in [1.807, 2.05) is 0 Å². The highest BCUT2D eigenvalue weighted by molar-refractivity contribution is 9.09. The zero-order valence-corrected chi connectivity index (χ0v) is 22.6. The summed E-state index contributed by atoms with van der Waals surface area (Å²) in [7, 11) is 0. The number of nitrogens with zero attached hydrogens (tertiary/aromatic N) is 2. The summed E-state index contributed by atoms with van der Waals surface area (Å²) in [5.74, 6) is 1.41. The van der Waals surface area contributed by atoms with Gasteiger partial charge in [0.05, 0.1) is 25.6 Å². The quantitative estimate of drug-likeness (QED) is 0.0872. The van der Waals surface area contributed by atoms with Crippen LogP contribution in [0.4, 0.5) is 0 Å². The Morgan fingerprint density at radius 2 is 1.03 bits per heavy atom. The third kappa shape index (κ3) is 11.4. The van der Waals surface area contributed by atoms with Crippen LogP contribution in [0, 0.1) is 0 Å². The third-order valence-corrected chi connectivity index (χ3v) is 6.18. The number of phenols is 2. The van der Waals surface area contributed by atoms with Gasteiger partial charge in [-0.25, -0.2) is 0 Å². The molecule has 0 bridgehead atoms. The molecule has 0 fully saturated rings. The maximum absolute atomic E-state index is 10.2. The summed E-state index contributed by atoms with van der Waals surface area (Å²) in [6.45, 7) is 1.26. The molecule has 0 aliphatic heterocycles. The van der Waals surface area contributed by atoms with Gasteiger partial charge in [-0.15, -0.1) is 0 Å². The summed E-state index contributed by atoms with van der Waals surface area (Å²) in [4.78, 5) is 0. The molecule has 0 atom stereocenters. The van der Waals surface area contributed by atoms with Crippen LogP contribution in [0.3, 0.4) is 0 Å². The Labute approximate surface area is 219 Å². The average Bonchev–Trinajstić information content (AvgIpc) is 2.83. The molecule has 0 spiro atoms. The molecule has 0 aliphatic rings. The predicted octanol–water partition coefficient (Wildman–Crippen LogP) is 7.22. The first-order chi connectivity index (χ1) is 16.6. The van der Waals surface area contributed by atoms with Gasteiger partial charge in [0.15, 0.2) is 0 Å². The summed E-state index contributed by atoms with van der Waals surface area (Å²) >= 11 is 6.86. The molecular formula is C26H34Br2N2O4. The molecule has 0 aromatic heterocycles. The van der Waals surface area contributed by atoms with Gasteiger partial charge >= 0.3 is 0 Å². The van der Waals surface area contributed by atoms with E-state index in [9.17, 15) is 10.2 Å². The highest BCUT2D eigenvalue weighted by atomic mass is 79.9. The molecule has 0 unspecified atom stereocenters. The normalized spacial score (nSPS) is 11.5. The van der Waals surface area contributed by atoms with E-state index in [2.05, 4.69) is 42.1 Å². The molecule has 2 aromatic rings. The van der Waals surface area contributed by atoms with Crippen molar-refractivity contribution >= 4 is 44.3 Å². The zero-order valence-electron chi connectivity index (χ0n) is 19.5. The highest BCUT2D eigenvalue weighted by Crippen LogP contribution is 2.24. The first kappa shape index (κ1) is 28.2. The number of benzene rings is 2. The fourth-order valence-corrected chi connectivity index (χ4v) is 3.91. The molecule has 0 radical (unpaired) electrons. The van der Waals surface area contributed by atoms with Gasteiger partial charge in [-0.2, -0.15) is 10.2 Å². The van der Waals surface area contributed by atoms with Gasteiger partial charge in [0.2, 0.25) is 0 Å². The molecule has 0 amide bonds. The lowest BCUT2D eigenvalue weighted by atomic mass is 10.2. The summed E-state index contributed by atoms with van der Waals surface area (Å²) in [5, 5.41) is 30.4. The molecule has 0 aliphatic carbocycles. The number of aromatic hydroxyl groups is 2. The van der Waals surface area contributed by atoms with Crippen molar-refractivity contribution in [2.24, 2.45) is 10.2 Å². The average molecular weight is 598 g/mol. The fourth-order valence-electron chi connectivity index (χ4n) is 3.12. The van der Waals surface area contributed by atoms with Crippen LogP contribution in [0.15, 0.2) is 46.6 Å². The fraction of sp³-hybridized carbons (Fsp3) is 0.462. The number of unbranched alkanes of at least 4 members (excludes halogenated alkanes) is 6. The lowest BCUT2D eigenvalue weighted by Crippen LogP contribution is -1.98. The van der Waals surface area contributed by atoms with E-state index < -0.39 is 0 Å². The van der Waals surface area contributed by atoms with E-state index in [-0.39, 0.29) is 11.5 Å². The van der Waals surface area contributed by atoms with Gasteiger partial charge in [0, 0.05) is 33.9 Å². The van der Waals surface area contributed by atoms with Crippen LogP contribution < -0.4 is 9.47 Å². The Morgan fingerprint density at radius 1 is 0.618 bits per heavy atom. The van der Waals surface area contributed by atoms with Gasteiger partial charge in [0.25, 0.3) is 0 Å². The first-order valence-corrected chi connectivity index (χ1v) is 14.0. The molecule has 34 heavy (non-hydrogen) atoms. The summed E-state index contributed by atoms with van der Waals surface area (Å²) in [6, 6.07) is 10.2. The van der Waals surface area contributed by atoms with Crippen molar-refractivity contribution in [2.75, 3.05) is 23.9 Å². The molecule has 186 valence electrons. The molecule has 2 N–H and O–H groups in total. The molecule has 0 heterocycles. The maximum Gasteiger partial charge on any atom is 0.128 e. The van der Waals surface area contributed by atoms with Crippen molar-refractivity contribution in [2.45, 2.75) is 51.4 Å². The topological polar surface area (TPSA) is 83.6 Å². The minimum absolute atomic E-state index is 0.0762. The minimum atomic E-state index is 0.0762. The second-order valence-electron chi connectivity index (χ2n) is 7.83. The van der Waals surface area contributed by atoms with Crippen LogP contribution in [0.25, 0.3) is 0 Å². The van der Waals surface area contributed by atoms with E-state index in [0.29, 0.717) is 35.8 Å². The van der Waals surface area contributed by atoms with Crippen LogP contribution in [0.1, 0.15) is 62.5 Å². The molecule has 6 nitrogen and oxygen atoms in total. The Hall–Kier alpha value is -2.06. The SMILES string of the molecule is Oc1cc(OCCCCCCBr)ccc1/C=N\N=C/c1ccc(OCCCCCCBr)cc1O. The Morgan fingerprint density at radius 3 is 1.41 bits per heavy atom. The van der Waals surface area contributed by atoms with Gasteiger partial charge in [-0.05, 0) is 49.9 Å². The zero-order chi connectivity index (χ0) is 24.4. The lowest BCUT2D eigenvalue weighted by Gasteiger charge is -2.07. The third-order valence-electron chi connectivity index (χ3n) is 5.06. The number of rotatable bonds is 17. The molecule has 0 saturated heterocycles. The van der Waals surface area contributed by atoms with Gasteiger partial charge < -0.3 is 19.7 Å². The van der Waals surface area contributed by atoms with Gasteiger partial charge in [-0.1, -0.05) is 57.5 Å². The summed E-state index contributed by atoms with van der Waals surface area (Å²) in [6.07, 6.45) is 11.9. The number of alkyl halides is 2. The molecule has 2 aromatic carbocycles. The van der Waals surface area contributed by atoms with Crippen molar-refractivity contribution in [1.82, 2.24) is 0 Å². The van der Waals surface area contributed by atoms with Crippen LogP contribution in [-0.2, 0) is 0 Å². The van der Waals surface area contributed by atoms with E-state index >= 15 is 0 Å². The molecular weight excluding hydrogens is 564 g/mol. The van der Waals surface area contributed by atoms with Crippen molar-refractivity contribution in [3.63, 3.8) is 0 Å². The van der Waals surface area contributed by atoms with Crippen molar-refractivity contribution in [1.29, 1.82) is 0 Å². The number of phenolic OH excluding ortho intramolecular Hbond substituents is 2. The second kappa shape index (κ2) is 17.4. The maximum atomic E-state index is 10.2. The molecule has 8 heteroatoms. The Bertz CT molecular complexity index is 833. The standard InChI is InChI=1S/C26H34Br2N2O4/c27-13-5-1-3-7-15-33-23-11-9-21(25(31)17-23)19-29-30-20-22-10-12-24(18-26(22)32)34-16-8-4-2-6-14-28/h9-12,17-20,31-32H,1-8,13-16H2/b29-19-,30-20-. The largest absolute Gasteiger partial charge is 0.507 e. The smallest absolute Gasteiger partial charge is 0.128 e. The number of hydrogen-bond donors (Lipinski definition) is 2. The number of ether oxygens (including phenoxy) is 2. The van der Waals surface area contributed by atoms with E-state index in [1.54, 1.807) is 36.4 Å². The van der Waals surface area contributed by atoms with Crippen LogP contribution >= 0.6 is 31.9 Å². The van der Waals surface area contributed by atoms with Crippen molar-refractivity contribution < 1.29 is 19.7 Å². The van der Waals surface area contributed by atoms with Crippen molar-refractivity contribution in [3.05, 3.63) is 47.5 Å². The highest BCUT2D eigenvalue weighted by Gasteiger charge is 2.03. The van der Waals surface area contributed by atoms with E-state index in [1.165, 1.54) is 38.1 Å². The Balaban J connectivity index is 1.78. The monoisotopic (exact) mass is 596 g/mol. The Kier molecular flexibility index (Phi) is 14.4. The van der Waals surface area contributed by atoms with E-state index in [4.69, 9.17) is 9.47 Å². The van der Waals surface area contributed by atoms with Crippen molar-refractivity contribution in [3.8, 4) is 23.0 Å². The van der Waals surface area contributed by atoms with Gasteiger partial charge in [-0.3, -0.25) is 0 Å². The van der Waals surface area contributed by atoms with Crippen LogP contribution in [0.5, 0.6) is 23.0 Å². The second-order valence-corrected chi connectivity index (χ2v) is 9.42. The predicted molar refractivity (Wildman–Crippen MR) is 147 cm³/mol. The number of hydrogen-bond acceptors (Lipinski definition) is 6. The van der Waals surface area contributed by atoms with Crippen LogP contribution in [-0.4, -0.2) is 46.5 Å². The molecule has 2 rings (SSSR count). The first-order valence-electron chi connectivity index (χ1n) is 11.7. The van der Waals surface area contributed by atoms with Crippen LogP contribution in [0.2, 0.25) is 0 Å². The number of halogens is 2. The summed E-state index contributed by atoms with van der Waals surface area (Å²) in [5.41, 5.74) is 1.07. The van der Waals surface area contributed by atoms with Gasteiger partial charge in [0.1, 0.15) is 23.0 Å². The van der Waals surface area contributed by atoms with E-state index in [0.717, 1.165) is 36.3 Å². The molecule has 0 saturated carbocycles. The minimum Gasteiger partial charge on any atom is -0.507 e.